The summed E-state index contributed by atoms with van der Waals surface area (Å²) >= 11 is 12.7. The van der Waals surface area contributed by atoms with E-state index in [1.165, 1.54) is 23.1 Å². The molecule has 0 saturated heterocycles. The first kappa shape index (κ1) is 28.9. The van der Waals surface area contributed by atoms with Crippen LogP contribution in [0.5, 0.6) is 0 Å². The molecule has 0 aromatic heterocycles. The molecule has 2 rings (SSSR count). The average molecular weight is 546 g/mol. The normalized spacial score (nSPS) is 12.7. The summed E-state index contributed by atoms with van der Waals surface area (Å²) in [5.74, 6) is -1.94. The Morgan fingerprint density at radius 2 is 1.63 bits per heavy atom. The first-order valence-corrected chi connectivity index (χ1v) is 13.5. The number of nitrogens with zero attached hydrogens (tertiary/aromatic N) is 2. The van der Waals surface area contributed by atoms with Gasteiger partial charge in [-0.1, -0.05) is 48.3 Å². The van der Waals surface area contributed by atoms with Gasteiger partial charge in [0.05, 0.1) is 11.9 Å². The number of anilines is 1. The molecule has 1 unspecified atom stereocenters. The van der Waals surface area contributed by atoms with E-state index in [0.29, 0.717) is 9.87 Å². The minimum absolute atomic E-state index is 0.151. The summed E-state index contributed by atoms with van der Waals surface area (Å²) in [5, 5.41) is 3.43. The van der Waals surface area contributed by atoms with Crippen LogP contribution in [0.3, 0.4) is 0 Å². The Labute approximate surface area is 216 Å². The Morgan fingerprint density at radius 3 is 2.11 bits per heavy atom. The van der Waals surface area contributed by atoms with Crippen molar-refractivity contribution in [1.29, 1.82) is 0 Å². The van der Waals surface area contributed by atoms with Crippen LogP contribution in [-0.2, 0) is 26.2 Å². The van der Waals surface area contributed by atoms with E-state index in [9.17, 15) is 22.4 Å². The van der Waals surface area contributed by atoms with Crippen molar-refractivity contribution in [2.45, 2.75) is 52.2 Å². The summed E-state index contributed by atoms with van der Waals surface area (Å²) in [4.78, 5) is 28.0. The maximum absolute atomic E-state index is 14.5. The summed E-state index contributed by atoms with van der Waals surface area (Å²) in [6, 6.07) is 9.13. The highest BCUT2D eigenvalue weighted by atomic mass is 35.5. The van der Waals surface area contributed by atoms with Crippen LogP contribution >= 0.6 is 23.2 Å². The first-order chi connectivity index (χ1) is 16.2. The Morgan fingerprint density at radius 1 is 1.06 bits per heavy atom. The van der Waals surface area contributed by atoms with Gasteiger partial charge in [-0.15, -0.1) is 0 Å². The van der Waals surface area contributed by atoms with Gasteiger partial charge in [0.15, 0.2) is 0 Å². The second-order valence-electron chi connectivity index (χ2n) is 9.11. The zero-order chi connectivity index (χ0) is 26.6. The van der Waals surface area contributed by atoms with Crippen LogP contribution in [0, 0.1) is 5.82 Å². The van der Waals surface area contributed by atoms with Crippen LogP contribution in [0.4, 0.5) is 10.1 Å². The van der Waals surface area contributed by atoms with Crippen molar-refractivity contribution in [3.05, 3.63) is 63.9 Å². The number of carbonyl (C=O) groups excluding carboxylic acids is 2. The molecular formula is C24H30Cl2FN3O4S. The zero-order valence-electron chi connectivity index (χ0n) is 20.3. The van der Waals surface area contributed by atoms with E-state index in [4.69, 9.17) is 23.2 Å². The highest BCUT2D eigenvalue weighted by Gasteiger charge is 2.34. The molecule has 0 aliphatic rings. The first-order valence-electron chi connectivity index (χ1n) is 10.9. The van der Waals surface area contributed by atoms with Crippen LogP contribution in [-0.4, -0.2) is 49.5 Å². The van der Waals surface area contributed by atoms with E-state index in [2.05, 4.69) is 5.32 Å². The number of amides is 2. The topological polar surface area (TPSA) is 86.8 Å². The second-order valence-corrected chi connectivity index (χ2v) is 11.8. The number of halogens is 3. The lowest BCUT2D eigenvalue weighted by Gasteiger charge is -2.34. The van der Waals surface area contributed by atoms with E-state index in [-0.39, 0.29) is 28.7 Å². The molecule has 0 saturated carbocycles. The Hall–Kier alpha value is -2.36. The molecule has 0 radical (unpaired) electrons. The molecular weight excluding hydrogens is 516 g/mol. The third-order valence-corrected chi connectivity index (χ3v) is 6.91. The van der Waals surface area contributed by atoms with Gasteiger partial charge in [0.1, 0.15) is 18.4 Å². The molecule has 35 heavy (non-hydrogen) atoms. The van der Waals surface area contributed by atoms with E-state index >= 15 is 0 Å². The molecule has 0 fully saturated rings. The SMILES string of the molecule is CCC(C(=O)NC(C)(C)C)N(Cc1c(Cl)cccc1Cl)C(=O)CN(c1ccccc1F)S(C)(=O)=O. The van der Waals surface area contributed by atoms with Crippen molar-refractivity contribution >= 4 is 50.7 Å². The van der Waals surface area contributed by atoms with Gasteiger partial charge in [-0.25, -0.2) is 12.8 Å². The molecule has 2 aromatic carbocycles. The number of hydrogen-bond acceptors (Lipinski definition) is 4. The molecule has 0 aliphatic carbocycles. The molecule has 192 valence electrons. The third-order valence-electron chi connectivity index (χ3n) is 5.07. The van der Waals surface area contributed by atoms with Gasteiger partial charge < -0.3 is 10.2 Å². The van der Waals surface area contributed by atoms with E-state index < -0.39 is 45.8 Å². The summed E-state index contributed by atoms with van der Waals surface area (Å²) < 4.78 is 40.2. The summed E-state index contributed by atoms with van der Waals surface area (Å²) in [6.45, 7) is 6.27. The molecule has 0 spiro atoms. The number of nitrogens with one attached hydrogen (secondary N) is 1. The average Bonchev–Trinajstić information content (AvgIpc) is 2.72. The van der Waals surface area contributed by atoms with Gasteiger partial charge in [0, 0.05) is 27.7 Å². The van der Waals surface area contributed by atoms with Gasteiger partial charge in [-0.05, 0) is 51.5 Å². The molecule has 0 aliphatic heterocycles. The lowest BCUT2D eigenvalue weighted by atomic mass is 10.1. The molecule has 0 bridgehead atoms. The summed E-state index contributed by atoms with van der Waals surface area (Å²) in [6.07, 6.45) is 1.11. The van der Waals surface area contributed by atoms with Crippen LogP contribution in [0.1, 0.15) is 39.7 Å². The number of benzene rings is 2. The fourth-order valence-electron chi connectivity index (χ4n) is 3.47. The summed E-state index contributed by atoms with van der Waals surface area (Å²) in [5.41, 5.74) is -0.443. The Balaban J connectivity index is 2.54. The maximum Gasteiger partial charge on any atom is 0.244 e. The van der Waals surface area contributed by atoms with Crippen molar-refractivity contribution in [3.8, 4) is 0 Å². The second kappa shape index (κ2) is 11.6. The molecule has 11 heteroatoms. The van der Waals surface area contributed by atoms with Crippen molar-refractivity contribution in [1.82, 2.24) is 10.2 Å². The van der Waals surface area contributed by atoms with Gasteiger partial charge in [0.2, 0.25) is 21.8 Å². The molecule has 0 heterocycles. The fraction of sp³-hybridized carbons (Fsp3) is 0.417. The monoisotopic (exact) mass is 545 g/mol. The number of para-hydroxylation sites is 1. The van der Waals surface area contributed by atoms with E-state index in [1.54, 1.807) is 45.9 Å². The van der Waals surface area contributed by atoms with E-state index in [0.717, 1.165) is 12.3 Å². The van der Waals surface area contributed by atoms with Crippen LogP contribution in [0.25, 0.3) is 0 Å². The van der Waals surface area contributed by atoms with Crippen LogP contribution in [0.2, 0.25) is 10.0 Å². The summed E-state index contributed by atoms with van der Waals surface area (Å²) in [7, 11) is -4.05. The number of rotatable bonds is 9. The lowest BCUT2D eigenvalue weighted by Crippen LogP contribution is -2.55. The van der Waals surface area contributed by atoms with Crippen molar-refractivity contribution in [3.63, 3.8) is 0 Å². The quantitative estimate of drug-likeness (QED) is 0.498. The Bertz CT molecular complexity index is 1170. The van der Waals surface area contributed by atoms with Gasteiger partial charge >= 0.3 is 0 Å². The van der Waals surface area contributed by atoms with Crippen LogP contribution < -0.4 is 9.62 Å². The van der Waals surface area contributed by atoms with Crippen molar-refractivity contribution in [2.75, 3.05) is 17.1 Å². The predicted molar refractivity (Wildman–Crippen MR) is 138 cm³/mol. The number of carbonyl (C=O) groups is 2. The Kier molecular flexibility index (Phi) is 9.56. The lowest BCUT2D eigenvalue weighted by molar-refractivity contribution is -0.141. The number of hydrogen-bond donors (Lipinski definition) is 1. The van der Waals surface area contributed by atoms with Gasteiger partial charge in [-0.3, -0.25) is 13.9 Å². The van der Waals surface area contributed by atoms with Crippen molar-refractivity contribution < 1.29 is 22.4 Å². The molecule has 7 nitrogen and oxygen atoms in total. The zero-order valence-corrected chi connectivity index (χ0v) is 22.6. The molecule has 2 aromatic rings. The molecule has 2 amide bonds. The van der Waals surface area contributed by atoms with Crippen molar-refractivity contribution in [2.24, 2.45) is 0 Å². The highest BCUT2D eigenvalue weighted by Crippen LogP contribution is 2.28. The third kappa shape index (κ3) is 7.81. The van der Waals surface area contributed by atoms with Crippen LogP contribution in [0.15, 0.2) is 42.5 Å². The molecule has 1 N–H and O–H groups in total. The van der Waals surface area contributed by atoms with E-state index in [1.807, 2.05) is 0 Å². The number of sulfonamides is 1. The minimum Gasteiger partial charge on any atom is -0.350 e. The fourth-order valence-corrected chi connectivity index (χ4v) is 4.84. The largest absolute Gasteiger partial charge is 0.350 e. The maximum atomic E-state index is 14.5. The smallest absolute Gasteiger partial charge is 0.244 e. The standard InChI is InChI=1S/C24H30Cl2FN3O4S/c1-6-20(23(32)28-24(2,3)4)29(14-16-17(25)10-9-11-18(16)26)22(31)15-30(35(5,33)34)21-13-8-7-12-19(21)27/h7-13,20H,6,14-15H2,1-5H3,(H,28,32). The van der Waals surface area contributed by atoms with Gasteiger partial charge in [0.25, 0.3) is 0 Å². The minimum atomic E-state index is -4.05. The predicted octanol–water partition coefficient (Wildman–Crippen LogP) is 4.62. The molecule has 1 atom stereocenters. The highest BCUT2D eigenvalue weighted by molar-refractivity contribution is 7.92. The van der Waals surface area contributed by atoms with Gasteiger partial charge in [-0.2, -0.15) is 0 Å².